The lowest BCUT2D eigenvalue weighted by Gasteiger charge is -2.34. The van der Waals surface area contributed by atoms with E-state index >= 15 is 0 Å². The predicted molar refractivity (Wildman–Crippen MR) is 126 cm³/mol. The molecule has 2 aliphatic heterocycles. The summed E-state index contributed by atoms with van der Waals surface area (Å²) in [6, 6.07) is 6.14. The predicted octanol–water partition coefficient (Wildman–Crippen LogP) is 2.49. The van der Waals surface area contributed by atoms with E-state index in [0.717, 1.165) is 70.2 Å². The second-order valence-electron chi connectivity index (χ2n) is 8.62. The van der Waals surface area contributed by atoms with Crippen LogP contribution in [0, 0.1) is 0 Å². The number of aromatic nitrogens is 3. The Labute approximate surface area is 219 Å². The smallest absolute Gasteiger partial charge is 0.475 e. The lowest BCUT2D eigenvalue weighted by atomic mass is 10.1. The zero-order valence-electron chi connectivity index (χ0n) is 20.9. The Morgan fingerprint density at radius 3 is 1.92 bits per heavy atom. The van der Waals surface area contributed by atoms with E-state index in [2.05, 4.69) is 48.8 Å². The quantitative estimate of drug-likeness (QED) is 0.536. The number of carbonyl (C=O) groups is 2. The van der Waals surface area contributed by atoms with Crippen molar-refractivity contribution in [3.8, 4) is 0 Å². The molecular formula is C23H28F6N6O4. The number of hydrogen-bond donors (Lipinski definition) is 2. The van der Waals surface area contributed by atoms with Crippen LogP contribution in [-0.2, 0) is 29.0 Å². The Kier molecular flexibility index (Phi) is 11.4. The molecule has 0 unspecified atom stereocenters. The minimum absolute atomic E-state index is 0.909. The van der Waals surface area contributed by atoms with E-state index in [1.807, 2.05) is 12.3 Å². The van der Waals surface area contributed by atoms with Gasteiger partial charge in [-0.15, -0.1) is 0 Å². The summed E-state index contributed by atoms with van der Waals surface area (Å²) in [5.74, 6) is -4.35. The fourth-order valence-corrected chi connectivity index (χ4v) is 3.73. The monoisotopic (exact) mass is 566 g/mol. The van der Waals surface area contributed by atoms with Crippen molar-refractivity contribution >= 4 is 17.8 Å². The molecule has 4 rings (SSSR count). The first-order valence-electron chi connectivity index (χ1n) is 11.7. The van der Waals surface area contributed by atoms with E-state index in [1.165, 1.54) is 11.3 Å². The molecule has 0 saturated carbocycles. The van der Waals surface area contributed by atoms with Gasteiger partial charge in [0.25, 0.3) is 0 Å². The van der Waals surface area contributed by atoms with Crippen LogP contribution in [0.25, 0.3) is 0 Å². The van der Waals surface area contributed by atoms with Gasteiger partial charge in [0, 0.05) is 64.0 Å². The number of pyridine rings is 1. The van der Waals surface area contributed by atoms with Crippen LogP contribution in [0.2, 0.25) is 0 Å². The van der Waals surface area contributed by atoms with Crippen LogP contribution in [0.4, 0.5) is 32.2 Å². The number of nitrogens with zero attached hydrogens (tertiary/aromatic N) is 6. The Hall–Kier alpha value is -3.53. The first-order valence-corrected chi connectivity index (χ1v) is 11.7. The lowest BCUT2D eigenvalue weighted by molar-refractivity contribution is -0.193. The van der Waals surface area contributed by atoms with Crippen molar-refractivity contribution in [1.82, 2.24) is 24.8 Å². The fourth-order valence-electron chi connectivity index (χ4n) is 3.73. The summed E-state index contributed by atoms with van der Waals surface area (Å²) >= 11 is 0. The number of piperazine rings is 1. The number of aliphatic carboxylic acids is 2. The average Bonchev–Trinajstić information content (AvgIpc) is 3.07. The summed E-state index contributed by atoms with van der Waals surface area (Å²) < 4.78 is 63.5. The van der Waals surface area contributed by atoms with Crippen molar-refractivity contribution in [1.29, 1.82) is 0 Å². The molecule has 0 bridgehead atoms. The number of carboxylic acid groups (broad SMARTS) is 2. The molecular weight excluding hydrogens is 538 g/mol. The second kappa shape index (κ2) is 14.0. The number of fused-ring (bicyclic) bond motifs is 1. The van der Waals surface area contributed by atoms with Gasteiger partial charge in [-0.3, -0.25) is 9.88 Å². The van der Waals surface area contributed by atoms with Gasteiger partial charge in [0.1, 0.15) is 12.1 Å². The highest BCUT2D eigenvalue weighted by Gasteiger charge is 2.38. The van der Waals surface area contributed by atoms with Crippen molar-refractivity contribution in [3.63, 3.8) is 0 Å². The molecule has 16 heteroatoms. The number of halogens is 6. The number of anilines is 1. The highest BCUT2D eigenvalue weighted by Crippen LogP contribution is 2.25. The van der Waals surface area contributed by atoms with E-state index in [1.54, 1.807) is 6.33 Å². The maximum absolute atomic E-state index is 10.6. The van der Waals surface area contributed by atoms with Crippen molar-refractivity contribution in [3.05, 3.63) is 47.7 Å². The Balaban J connectivity index is 0.000000317. The average molecular weight is 567 g/mol. The SMILES string of the molecule is CN1CCN(c2ncnc3c2CCN(Cc2ccccn2)CC3)CC1.O=C(O)C(F)(F)F.O=C(O)C(F)(F)F. The summed E-state index contributed by atoms with van der Waals surface area (Å²) in [7, 11) is 2.19. The summed E-state index contributed by atoms with van der Waals surface area (Å²) in [5, 5.41) is 14.2. The molecule has 39 heavy (non-hydrogen) atoms. The first-order chi connectivity index (χ1) is 18.2. The van der Waals surface area contributed by atoms with Gasteiger partial charge in [-0.1, -0.05) is 6.07 Å². The summed E-state index contributed by atoms with van der Waals surface area (Å²) in [5.41, 5.74) is 3.72. The van der Waals surface area contributed by atoms with Gasteiger partial charge in [-0.25, -0.2) is 19.6 Å². The molecule has 0 amide bonds. The molecule has 0 aliphatic carbocycles. The molecule has 0 spiro atoms. The number of alkyl halides is 6. The van der Waals surface area contributed by atoms with Gasteiger partial charge in [-0.05, 0) is 25.6 Å². The van der Waals surface area contributed by atoms with Crippen molar-refractivity contribution in [2.75, 3.05) is 51.2 Å². The van der Waals surface area contributed by atoms with Crippen molar-refractivity contribution in [2.45, 2.75) is 31.7 Å². The maximum Gasteiger partial charge on any atom is 0.490 e. The van der Waals surface area contributed by atoms with Gasteiger partial charge in [0.2, 0.25) is 0 Å². The molecule has 4 heterocycles. The Morgan fingerprint density at radius 2 is 1.41 bits per heavy atom. The molecule has 2 N–H and O–H groups in total. The fraction of sp³-hybridized carbons (Fsp3) is 0.522. The standard InChI is InChI=1S/C19H26N6.2C2HF3O2/c1-23-10-12-25(13-11-23)19-17-5-8-24(9-6-18(17)21-15-22-19)14-16-4-2-3-7-20-16;2*3-2(4,5)1(6)7/h2-4,7,15H,5-6,8-14H2,1H3;2*(H,6,7). The van der Waals surface area contributed by atoms with Gasteiger partial charge >= 0.3 is 24.3 Å². The van der Waals surface area contributed by atoms with Gasteiger partial charge < -0.3 is 20.0 Å². The molecule has 10 nitrogen and oxygen atoms in total. The van der Waals surface area contributed by atoms with E-state index in [0.29, 0.717) is 0 Å². The number of likely N-dealkylation sites (N-methyl/N-ethyl adjacent to an activating group) is 1. The molecule has 0 atom stereocenters. The number of carboxylic acids is 2. The van der Waals surface area contributed by atoms with E-state index in [-0.39, 0.29) is 0 Å². The molecule has 1 fully saturated rings. The van der Waals surface area contributed by atoms with Crippen LogP contribution >= 0.6 is 0 Å². The van der Waals surface area contributed by atoms with Crippen LogP contribution in [0.5, 0.6) is 0 Å². The molecule has 0 aromatic carbocycles. The third-order valence-electron chi connectivity index (χ3n) is 5.75. The van der Waals surface area contributed by atoms with E-state index in [4.69, 9.17) is 19.8 Å². The molecule has 0 radical (unpaired) electrons. The minimum Gasteiger partial charge on any atom is -0.475 e. The van der Waals surface area contributed by atoms with Gasteiger partial charge in [0.05, 0.1) is 11.4 Å². The molecule has 2 aromatic rings. The van der Waals surface area contributed by atoms with Gasteiger partial charge in [-0.2, -0.15) is 26.3 Å². The zero-order valence-corrected chi connectivity index (χ0v) is 20.9. The lowest BCUT2D eigenvalue weighted by Crippen LogP contribution is -2.45. The zero-order chi connectivity index (χ0) is 29.2. The molecule has 216 valence electrons. The highest BCUT2D eigenvalue weighted by molar-refractivity contribution is 5.73. The molecule has 2 aromatic heterocycles. The maximum atomic E-state index is 10.6. The summed E-state index contributed by atoms with van der Waals surface area (Å²) in [4.78, 5) is 38.8. The molecule has 1 saturated heterocycles. The van der Waals surface area contributed by atoms with Crippen LogP contribution in [0.15, 0.2) is 30.7 Å². The number of hydrogen-bond acceptors (Lipinski definition) is 8. The van der Waals surface area contributed by atoms with Crippen molar-refractivity contribution in [2.24, 2.45) is 0 Å². The topological polar surface area (TPSA) is 123 Å². The van der Waals surface area contributed by atoms with Crippen LogP contribution in [-0.4, -0.2) is 106 Å². The van der Waals surface area contributed by atoms with Crippen LogP contribution in [0.3, 0.4) is 0 Å². The largest absolute Gasteiger partial charge is 0.490 e. The normalized spacial score (nSPS) is 16.5. The van der Waals surface area contributed by atoms with Crippen LogP contribution < -0.4 is 4.90 Å². The third-order valence-corrected chi connectivity index (χ3v) is 5.75. The van der Waals surface area contributed by atoms with Crippen LogP contribution in [0.1, 0.15) is 17.0 Å². The van der Waals surface area contributed by atoms with E-state index in [9.17, 15) is 26.3 Å². The summed E-state index contributed by atoms with van der Waals surface area (Å²) in [6.07, 6.45) is -4.53. The van der Waals surface area contributed by atoms with Gasteiger partial charge in [0.15, 0.2) is 0 Å². The Bertz CT molecular complexity index is 1060. The number of rotatable bonds is 3. The summed E-state index contributed by atoms with van der Waals surface area (Å²) in [6.45, 7) is 7.29. The Morgan fingerprint density at radius 1 is 0.846 bits per heavy atom. The highest BCUT2D eigenvalue weighted by atomic mass is 19.4. The molecule has 2 aliphatic rings. The first kappa shape index (κ1) is 31.7. The third kappa shape index (κ3) is 10.6. The van der Waals surface area contributed by atoms with Crippen molar-refractivity contribution < 1.29 is 46.1 Å². The second-order valence-corrected chi connectivity index (χ2v) is 8.62. The minimum atomic E-state index is -5.08. The van der Waals surface area contributed by atoms with E-state index < -0.39 is 24.3 Å².